The third kappa shape index (κ3) is 10.5. The van der Waals surface area contributed by atoms with Crippen LogP contribution in [0.5, 0.6) is 0 Å². The van der Waals surface area contributed by atoms with Crippen LogP contribution in [0, 0.1) is 0 Å². The molecule has 0 radical (unpaired) electrons. The zero-order valence-electron chi connectivity index (χ0n) is 51.4. The number of benzene rings is 12. The Labute approximate surface area is 567 Å². The van der Waals surface area contributed by atoms with Crippen molar-refractivity contribution in [3.05, 3.63) is 364 Å². The summed E-state index contributed by atoms with van der Waals surface area (Å²) in [5.41, 5.74) is 0. The maximum absolute atomic E-state index is 8.91. The van der Waals surface area contributed by atoms with Crippen LogP contribution in [0.2, 0.25) is 0 Å². The molecule has 0 amide bonds. The van der Waals surface area contributed by atoms with Crippen molar-refractivity contribution in [2.75, 3.05) is 0 Å². The molecule has 472 valence electrons. The molecule has 0 saturated carbocycles. The van der Waals surface area contributed by atoms with E-state index >= 15 is 0 Å². The lowest BCUT2D eigenvalue weighted by molar-refractivity contribution is 0.0283. The number of hydrogen-bond acceptors (Lipinski definition) is 14. The van der Waals surface area contributed by atoms with Gasteiger partial charge in [0, 0.05) is 41.5 Å². The third-order valence-corrected chi connectivity index (χ3v) is 60.5. The molecule has 6 aliphatic rings. The molecule has 6 saturated heterocycles. The van der Waals surface area contributed by atoms with Crippen LogP contribution in [-0.4, -0.2) is 87.6 Å². The third-order valence-electron chi connectivity index (χ3n) is 17.4. The van der Waals surface area contributed by atoms with Crippen molar-refractivity contribution in [1.82, 2.24) is 0 Å². The fourth-order valence-corrected chi connectivity index (χ4v) is 70.4. The summed E-state index contributed by atoms with van der Waals surface area (Å²) >= 11 is 0. The van der Waals surface area contributed by atoms with Crippen LogP contribution in [-0.2, 0) is 57.6 Å². The molecule has 12 aromatic rings. The van der Waals surface area contributed by atoms with Crippen molar-refractivity contribution in [3.63, 3.8) is 0 Å². The molecule has 14 nitrogen and oxygen atoms in total. The van der Waals surface area contributed by atoms with E-state index < -0.39 is 87.6 Å². The average molecular weight is 1430 g/mol. The van der Waals surface area contributed by atoms with Crippen LogP contribution in [0.4, 0.5) is 0 Å². The fourth-order valence-electron chi connectivity index (χ4n) is 13.1. The SMILES string of the molecule is c1ccc([Si]23O[Si]4(c5ccccc5)O[Si]5(c6ccccc6)O[Si]6(c7ccccc7)O[Si](c7ccccc7)(O[Si](c7ccccc7)(O2)O[Si](c2ccccc2)(c2ccccc2)O5)O[Si](c2ccccc2)(O3)O[Si](c2ccccc2)(c2ccccc2)O[Si](c2ccccc2)(O4)O6)cc1. The molecule has 0 N–H and O–H groups in total. The summed E-state index contributed by atoms with van der Waals surface area (Å²) in [6, 6.07) is 118. The summed E-state index contributed by atoms with van der Waals surface area (Å²) in [5.74, 6) is 0. The second-order valence-electron chi connectivity index (χ2n) is 23.5. The molecular formula is C72H60O14Si10. The predicted octanol–water partition coefficient (Wildman–Crippen LogP) is 5.57. The zero-order chi connectivity index (χ0) is 64.3. The lowest BCUT2D eigenvalue weighted by Gasteiger charge is -2.61. The Balaban J connectivity index is 1.18. The minimum atomic E-state index is -5.44. The molecule has 0 unspecified atom stereocenters. The van der Waals surface area contributed by atoms with E-state index in [0.29, 0.717) is 62.2 Å². The van der Waals surface area contributed by atoms with Crippen molar-refractivity contribution in [3.8, 4) is 0 Å². The van der Waals surface area contributed by atoms with Gasteiger partial charge < -0.3 is 57.6 Å². The second-order valence-corrected chi connectivity index (χ2v) is 53.2. The van der Waals surface area contributed by atoms with Gasteiger partial charge in [0.1, 0.15) is 0 Å². The first-order valence-electron chi connectivity index (χ1n) is 31.6. The second kappa shape index (κ2) is 24.7. The van der Waals surface area contributed by atoms with E-state index in [1.165, 1.54) is 0 Å². The minimum absolute atomic E-state index is 0.462. The first-order valence-corrected chi connectivity index (χ1v) is 49.1. The molecule has 6 fully saturated rings. The van der Waals surface area contributed by atoms with Crippen LogP contribution in [0.1, 0.15) is 0 Å². The van der Waals surface area contributed by atoms with Crippen molar-refractivity contribution in [1.29, 1.82) is 0 Å². The van der Waals surface area contributed by atoms with Gasteiger partial charge in [-0.2, -0.15) is 0 Å². The van der Waals surface area contributed by atoms with Crippen LogP contribution in [0.15, 0.2) is 364 Å². The van der Waals surface area contributed by atoms with Gasteiger partial charge in [0.15, 0.2) is 0 Å². The molecule has 0 aromatic heterocycles. The summed E-state index contributed by atoms with van der Waals surface area (Å²) in [4.78, 5) is 0. The number of rotatable bonds is 12. The number of hydrogen-bond donors (Lipinski definition) is 0. The summed E-state index contributed by atoms with van der Waals surface area (Å²) in [5, 5.41) is 6.48. The van der Waals surface area contributed by atoms with E-state index in [4.69, 9.17) is 57.6 Å². The molecule has 6 aliphatic heterocycles. The largest absolute Gasteiger partial charge is 0.515 e. The van der Waals surface area contributed by atoms with Gasteiger partial charge >= 0.3 is 87.6 Å². The quantitative estimate of drug-likeness (QED) is 0.142. The van der Waals surface area contributed by atoms with Crippen molar-refractivity contribution >= 4 is 150 Å². The van der Waals surface area contributed by atoms with E-state index in [0.717, 1.165) is 0 Å². The summed E-state index contributed by atoms with van der Waals surface area (Å²) < 4.78 is 124. The highest BCUT2D eigenvalue weighted by Gasteiger charge is 2.84. The Kier molecular flexibility index (Phi) is 15.9. The highest BCUT2D eigenvalue weighted by molar-refractivity contribution is 7.16. The Morgan fingerprint density at radius 2 is 0.198 bits per heavy atom. The Morgan fingerprint density at radius 3 is 0.312 bits per heavy atom. The molecule has 0 spiro atoms. The van der Waals surface area contributed by atoms with Crippen molar-refractivity contribution < 1.29 is 57.6 Å². The van der Waals surface area contributed by atoms with E-state index in [-0.39, 0.29) is 0 Å². The molecule has 18 rings (SSSR count). The molecule has 8 bridgehead atoms. The van der Waals surface area contributed by atoms with Crippen molar-refractivity contribution in [2.45, 2.75) is 0 Å². The van der Waals surface area contributed by atoms with E-state index in [2.05, 4.69) is 0 Å². The number of fused-ring (bicyclic) bond motifs is 4. The van der Waals surface area contributed by atoms with E-state index in [1.807, 2.05) is 364 Å². The smallest absolute Gasteiger partial charge is 0.384 e. The van der Waals surface area contributed by atoms with Gasteiger partial charge in [-0.25, -0.2) is 0 Å². The van der Waals surface area contributed by atoms with Crippen LogP contribution < -0.4 is 62.2 Å². The lowest BCUT2D eigenvalue weighted by atomic mass is 10.4. The maximum atomic E-state index is 8.91. The average Bonchev–Trinajstić information content (AvgIpc) is 0.672. The summed E-state index contributed by atoms with van der Waals surface area (Å²) in [6.07, 6.45) is 0. The van der Waals surface area contributed by atoms with Gasteiger partial charge in [-0.15, -0.1) is 0 Å². The van der Waals surface area contributed by atoms with Gasteiger partial charge in [-0.05, 0) is 20.7 Å². The van der Waals surface area contributed by atoms with Crippen molar-refractivity contribution in [2.24, 2.45) is 0 Å². The zero-order valence-corrected chi connectivity index (χ0v) is 61.4. The van der Waals surface area contributed by atoms with Gasteiger partial charge in [0.05, 0.1) is 0 Å². The van der Waals surface area contributed by atoms with Gasteiger partial charge in [-0.1, -0.05) is 364 Å². The highest BCUT2D eigenvalue weighted by Crippen LogP contribution is 2.47. The molecular weight excluding hydrogens is 1370 g/mol. The standard InChI is InChI=1S/C72H60O14Si10/c1-13-37-61(38-14-1)87(62-39-15-2-16-40-62)73-89(65-45-21-5-22-46-65)77-93(69-53-29-9-30-54-69)81-91(67-49-25-7-26-50-67)75-88(63-41-17-3-18-42-63,64-43-19-4-20-44-64)76-92(68-51-27-8-28-52-68)83-95(85-93,71-57-33-11-34-58-71)79-90(74-87,66-47-23-6-24-48-66)80-96(84-92,72-59-35-12-36-60-72)86-94(78-89,82-91)70-55-31-10-32-56-70/h1-60H. The summed E-state index contributed by atoms with van der Waals surface area (Å²) in [6.45, 7) is 0. The first-order chi connectivity index (χ1) is 47.2. The predicted molar refractivity (Wildman–Crippen MR) is 386 cm³/mol. The maximum Gasteiger partial charge on any atom is 0.515 e. The van der Waals surface area contributed by atoms with E-state index in [9.17, 15) is 0 Å². The lowest BCUT2D eigenvalue weighted by Crippen LogP contribution is -2.95. The Hall–Kier alpha value is -7.75. The minimum Gasteiger partial charge on any atom is -0.384 e. The van der Waals surface area contributed by atoms with Gasteiger partial charge in [0.25, 0.3) is 0 Å². The van der Waals surface area contributed by atoms with E-state index in [1.54, 1.807) is 0 Å². The normalized spacial score (nSPS) is 28.8. The Bertz CT molecular complexity index is 4040. The van der Waals surface area contributed by atoms with Crippen LogP contribution >= 0.6 is 0 Å². The highest BCUT2D eigenvalue weighted by atomic mass is 28.6. The topological polar surface area (TPSA) is 129 Å². The molecule has 0 aliphatic carbocycles. The molecule has 0 atom stereocenters. The van der Waals surface area contributed by atoms with Gasteiger partial charge in [-0.3, -0.25) is 0 Å². The van der Waals surface area contributed by atoms with Crippen LogP contribution in [0.25, 0.3) is 0 Å². The van der Waals surface area contributed by atoms with Gasteiger partial charge in [0.2, 0.25) is 0 Å². The molecule has 12 aromatic carbocycles. The Morgan fingerprint density at radius 1 is 0.104 bits per heavy atom. The molecule has 24 heteroatoms. The molecule has 6 heterocycles. The molecule has 96 heavy (non-hydrogen) atoms. The fraction of sp³-hybridized carbons (Fsp3) is 0. The monoisotopic (exact) mass is 1430 g/mol. The first kappa shape index (κ1) is 61.8. The van der Waals surface area contributed by atoms with Crippen LogP contribution in [0.3, 0.4) is 0 Å². The summed E-state index contributed by atoms with van der Waals surface area (Å²) in [7, 11) is -52.7.